The summed E-state index contributed by atoms with van der Waals surface area (Å²) in [5.41, 5.74) is -0.0287. The van der Waals surface area contributed by atoms with Crippen LogP contribution in [0, 0.1) is 5.92 Å². The van der Waals surface area contributed by atoms with Crippen LogP contribution in [-0.4, -0.2) is 43.4 Å². The van der Waals surface area contributed by atoms with Crippen LogP contribution >= 0.6 is 0 Å². The Labute approximate surface area is 93.2 Å². The van der Waals surface area contributed by atoms with Crippen LogP contribution in [-0.2, 0) is 4.74 Å². The molecular formula is C12H24N2O. The summed E-state index contributed by atoms with van der Waals surface area (Å²) < 4.78 is 5.77. The predicted octanol–water partition coefficient (Wildman–Crippen LogP) is 1.44. The van der Waals surface area contributed by atoms with Crippen molar-refractivity contribution in [2.24, 2.45) is 5.92 Å². The molecular weight excluding hydrogens is 188 g/mol. The van der Waals surface area contributed by atoms with Crippen LogP contribution in [0.2, 0.25) is 0 Å². The van der Waals surface area contributed by atoms with Crippen LogP contribution in [0.15, 0.2) is 0 Å². The van der Waals surface area contributed by atoms with E-state index in [-0.39, 0.29) is 5.72 Å². The van der Waals surface area contributed by atoms with E-state index in [2.05, 4.69) is 24.1 Å². The molecule has 0 aromatic rings. The normalized spacial score (nSPS) is 34.8. The van der Waals surface area contributed by atoms with Gasteiger partial charge in [0.2, 0.25) is 0 Å². The van der Waals surface area contributed by atoms with Gasteiger partial charge in [-0.1, -0.05) is 6.92 Å². The fourth-order valence-electron chi connectivity index (χ4n) is 2.83. The molecule has 0 aliphatic carbocycles. The summed E-state index contributed by atoms with van der Waals surface area (Å²) in [6, 6.07) is 0. The molecule has 0 saturated carbocycles. The molecule has 2 aliphatic heterocycles. The Hall–Kier alpha value is -0.120. The van der Waals surface area contributed by atoms with E-state index in [0.717, 1.165) is 19.1 Å². The Bertz CT molecular complexity index is 194. The summed E-state index contributed by atoms with van der Waals surface area (Å²) in [5.74, 6) is 0.850. The minimum Gasteiger partial charge on any atom is -0.360 e. The first-order chi connectivity index (χ1) is 7.22. The lowest BCUT2D eigenvalue weighted by atomic mass is 9.89. The number of rotatable bonds is 3. The highest BCUT2D eigenvalue weighted by atomic mass is 16.5. The fourth-order valence-corrected chi connectivity index (χ4v) is 2.83. The Morgan fingerprint density at radius 3 is 2.67 bits per heavy atom. The number of ether oxygens (including phenoxy) is 1. The highest BCUT2D eigenvalue weighted by molar-refractivity contribution is 4.83. The fraction of sp³-hybridized carbons (Fsp3) is 1.00. The monoisotopic (exact) mass is 212 g/mol. The van der Waals surface area contributed by atoms with Gasteiger partial charge in [-0.3, -0.25) is 5.32 Å². The van der Waals surface area contributed by atoms with Gasteiger partial charge in [-0.25, -0.2) is 0 Å². The molecule has 3 nitrogen and oxygen atoms in total. The van der Waals surface area contributed by atoms with Crippen molar-refractivity contribution in [2.45, 2.75) is 38.8 Å². The molecule has 2 saturated heterocycles. The Morgan fingerprint density at radius 2 is 2.13 bits per heavy atom. The van der Waals surface area contributed by atoms with Gasteiger partial charge in [0.05, 0.1) is 6.61 Å². The number of likely N-dealkylation sites (tertiary alicyclic amines) is 1. The number of hydrogen-bond donors (Lipinski definition) is 1. The van der Waals surface area contributed by atoms with Crippen molar-refractivity contribution in [3.05, 3.63) is 0 Å². The minimum absolute atomic E-state index is 0.0287. The first-order valence-corrected chi connectivity index (χ1v) is 6.33. The molecule has 0 bridgehead atoms. The van der Waals surface area contributed by atoms with Crippen molar-refractivity contribution >= 4 is 0 Å². The van der Waals surface area contributed by atoms with E-state index in [1.54, 1.807) is 0 Å². The van der Waals surface area contributed by atoms with Crippen molar-refractivity contribution in [2.75, 3.05) is 32.8 Å². The van der Waals surface area contributed by atoms with Crippen molar-refractivity contribution in [1.82, 2.24) is 10.2 Å². The zero-order valence-corrected chi connectivity index (χ0v) is 10.1. The maximum atomic E-state index is 5.77. The van der Waals surface area contributed by atoms with Gasteiger partial charge < -0.3 is 9.64 Å². The molecule has 1 N–H and O–H groups in total. The SMILES string of the molecule is CCN1CCC(CC2(C)NCCO2)CC1. The highest BCUT2D eigenvalue weighted by Gasteiger charge is 2.33. The van der Waals surface area contributed by atoms with Gasteiger partial charge in [0.25, 0.3) is 0 Å². The molecule has 2 aliphatic rings. The molecule has 88 valence electrons. The summed E-state index contributed by atoms with van der Waals surface area (Å²) in [6.07, 6.45) is 3.87. The van der Waals surface area contributed by atoms with Crippen LogP contribution in [0.25, 0.3) is 0 Å². The Morgan fingerprint density at radius 1 is 1.40 bits per heavy atom. The average molecular weight is 212 g/mol. The molecule has 2 fully saturated rings. The summed E-state index contributed by atoms with van der Waals surface area (Å²) in [5, 5.41) is 3.47. The lowest BCUT2D eigenvalue weighted by molar-refractivity contribution is -0.0206. The van der Waals surface area contributed by atoms with E-state index in [9.17, 15) is 0 Å². The lowest BCUT2D eigenvalue weighted by Crippen LogP contribution is -2.42. The van der Waals surface area contributed by atoms with Gasteiger partial charge in [-0.2, -0.15) is 0 Å². The summed E-state index contributed by atoms with van der Waals surface area (Å²) in [4.78, 5) is 2.54. The van der Waals surface area contributed by atoms with Crippen molar-refractivity contribution in [1.29, 1.82) is 0 Å². The van der Waals surface area contributed by atoms with Crippen LogP contribution < -0.4 is 5.32 Å². The summed E-state index contributed by atoms with van der Waals surface area (Å²) in [6.45, 7) is 10.1. The molecule has 0 radical (unpaired) electrons. The Balaban J connectivity index is 1.76. The van der Waals surface area contributed by atoms with Crippen molar-refractivity contribution in [3.8, 4) is 0 Å². The molecule has 15 heavy (non-hydrogen) atoms. The van der Waals surface area contributed by atoms with Gasteiger partial charge >= 0.3 is 0 Å². The minimum atomic E-state index is -0.0287. The third kappa shape index (κ3) is 2.92. The number of hydrogen-bond acceptors (Lipinski definition) is 3. The molecule has 0 aromatic carbocycles. The van der Waals surface area contributed by atoms with Crippen LogP contribution in [0.1, 0.15) is 33.1 Å². The van der Waals surface area contributed by atoms with Gasteiger partial charge in [-0.05, 0) is 51.7 Å². The lowest BCUT2D eigenvalue weighted by Gasteiger charge is -2.35. The molecule has 1 unspecified atom stereocenters. The van der Waals surface area contributed by atoms with Crippen LogP contribution in [0.5, 0.6) is 0 Å². The van der Waals surface area contributed by atoms with Gasteiger partial charge in [0.1, 0.15) is 5.72 Å². The van der Waals surface area contributed by atoms with Gasteiger partial charge in [0, 0.05) is 6.54 Å². The smallest absolute Gasteiger partial charge is 0.116 e. The third-order valence-corrected chi connectivity index (χ3v) is 3.85. The van der Waals surface area contributed by atoms with Crippen LogP contribution in [0.4, 0.5) is 0 Å². The maximum Gasteiger partial charge on any atom is 0.116 e. The first-order valence-electron chi connectivity index (χ1n) is 6.33. The molecule has 1 atom stereocenters. The van der Waals surface area contributed by atoms with E-state index in [0.29, 0.717) is 0 Å². The zero-order chi connectivity index (χ0) is 10.7. The second kappa shape index (κ2) is 4.81. The molecule has 2 rings (SSSR count). The van der Waals surface area contributed by atoms with E-state index in [1.807, 2.05) is 0 Å². The van der Waals surface area contributed by atoms with E-state index >= 15 is 0 Å². The zero-order valence-electron chi connectivity index (χ0n) is 10.1. The van der Waals surface area contributed by atoms with Gasteiger partial charge in [0.15, 0.2) is 0 Å². The third-order valence-electron chi connectivity index (χ3n) is 3.85. The number of nitrogens with one attached hydrogen (secondary N) is 1. The van der Waals surface area contributed by atoms with Gasteiger partial charge in [-0.15, -0.1) is 0 Å². The number of nitrogens with zero attached hydrogens (tertiary/aromatic N) is 1. The molecule has 0 aromatic heterocycles. The van der Waals surface area contributed by atoms with Crippen LogP contribution in [0.3, 0.4) is 0 Å². The predicted molar refractivity (Wildman–Crippen MR) is 61.8 cm³/mol. The second-order valence-corrected chi connectivity index (χ2v) is 5.09. The van der Waals surface area contributed by atoms with E-state index < -0.39 is 0 Å². The molecule has 0 spiro atoms. The van der Waals surface area contributed by atoms with E-state index in [1.165, 1.54) is 38.9 Å². The van der Waals surface area contributed by atoms with Crippen molar-refractivity contribution in [3.63, 3.8) is 0 Å². The Kier molecular flexibility index (Phi) is 3.65. The second-order valence-electron chi connectivity index (χ2n) is 5.09. The molecule has 2 heterocycles. The summed E-state index contributed by atoms with van der Waals surface area (Å²) >= 11 is 0. The molecule has 0 amide bonds. The maximum absolute atomic E-state index is 5.77. The standard InChI is InChI=1S/C12H24N2O/c1-3-14-7-4-11(5-8-14)10-12(2)13-6-9-15-12/h11,13H,3-10H2,1-2H3. The number of piperidine rings is 1. The largest absolute Gasteiger partial charge is 0.360 e. The average Bonchev–Trinajstić information content (AvgIpc) is 2.66. The highest BCUT2D eigenvalue weighted by Crippen LogP contribution is 2.28. The topological polar surface area (TPSA) is 24.5 Å². The summed E-state index contributed by atoms with van der Waals surface area (Å²) in [7, 11) is 0. The quantitative estimate of drug-likeness (QED) is 0.766. The first kappa shape index (κ1) is 11.4. The van der Waals surface area contributed by atoms with Crippen molar-refractivity contribution < 1.29 is 4.74 Å². The molecule has 3 heteroatoms. The van der Waals surface area contributed by atoms with E-state index in [4.69, 9.17) is 4.74 Å².